The zero-order chi connectivity index (χ0) is 15.1. The van der Waals surface area contributed by atoms with Crippen LogP contribution in [0.5, 0.6) is 11.5 Å². The molecule has 0 saturated heterocycles. The van der Waals surface area contributed by atoms with Crippen LogP contribution in [0.25, 0.3) is 0 Å². The summed E-state index contributed by atoms with van der Waals surface area (Å²) in [6.07, 6.45) is 5.71. The second kappa shape index (κ2) is 7.67. The van der Waals surface area contributed by atoms with E-state index in [4.69, 9.17) is 4.74 Å². The highest BCUT2D eigenvalue weighted by atomic mass is 16.5. The number of hydrogen-bond donors (Lipinski definition) is 1. The molecule has 2 aromatic rings. The molecular weight excluding hydrogens is 262 g/mol. The molecule has 1 heterocycles. The van der Waals surface area contributed by atoms with Crippen molar-refractivity contribution in [2.45, 2.75) is 46.0 Å². The van der Waals surface area contributed by atoms with Crippen LogP contribution in [0.4, 0.5) is 0 Å². The Kier molecular flexibility index (Phi) is 5.61. The van der Waals surface area contributed by atoms with Crippen LogP contribution in [0.3, 0.4) is 0 Å². The van der Waals surface area contributed by atoms with Gasteiger partial charge in [-0.05, 0) is 43.5 Å². The Morgan fingerprint density at radius 1 is 1.00 bits per heavy atom. The quantitative estimate of drug-likeness (QED) is 0.755. The number of rotatable bonds is 7. The summed E-state index contributed by atoms with van der Waals surface area (Å²) in [5.41, 5.74) is 1.83. The number of aryl methyl sites for hydroxylation is 2. The standard InChI is InChI=1S/C18H23NO2/c1-3-4-5-6-10-15-12-13-17(18(20)19-15)21-16-11-8-7-9-14(16)2/h7-9,11-13H,3-6,10H2,1-2H3,(H,19,20). The summed E-state index contributed by atoms with van der Waals surface area (Å²) in [7, 11) is 0. The van der Waals surface area contributed by atoms with Crippen molar-refractivity contribution < 1.29 is 4.74 Å². The zero-order valence-electron chi connectivity index (χ0n) is 12.8. The van der Waals surface area contributed by atoms with Crippen LogP contribution in [0.1, 0.15) is 43.9 Å². The van der Waals surface area contributed by atoms with E-state index in [1.807, 2.05) is 37.3 Å². The zero-order valence-corrected chi connectivity index (χ0v) is 12.8. The van der Waals surface area contributed by atoms with Gasteiger partial charge >= 0.3 is 0 Å². The molecule has 1 aromatic carbocycles. The molecule has 1 aromatic heterocycles. The van der Waals surface area contributed by atoms with Crippen molar-refractivity contribution in [2.75, 3.05) is 0 Å². The Morgan fingerprint density at radius 3 is 2.52 bits per heavy atom. The van der Waals surface area contributed by atoms with Crippen molar-refractivity contribution >= 4 is 0 Å². The van der Waals surface area contributed by atoms with Crippen LogP contribution in [0.2, 0.25) is 0 Å². The van der Waals surface area contributed by atoms with E-state index in [2.05, 4.69) is 11.9 Å². The maximum Gasteiger partial charge on any atom is 0.291 e. The molecule has 0 amide bonds. The summed E-state index contributed by atoms with van der Waals surface area (Å²) in [6, 6.07) is 11.4. The molecule has 3 nitrogen and oxygen atoms in total. The smallest absolute Gasteiger partial charge is 0.291 e. The molecule has 0 saturated carbocycles. The molecule has 0 atom stereocenters. The lowest BCUT2D eigenvalue weighted by atomic mass is 10.1. The van der Waals surface area contributed by atoms with Gasteiger partial charge in [-0.15, -0.1) is 0 Å². The highest BCUT2D eigenvalue weighted by Gasteiger charge is 2.05. The second-order valence-corrected chi connectivity index (χ2v) is 5.36. The van der Waals surface area contributed by atoms with E-state index in [-0.39, 0.29) is 5.56 Å². The Hall–Kier alpha value is -2.03. The first kappa shape index (κ1) is 15.4. The number of benzene rings is 1. The number of ether oxygens (including phenoxy) is 1. The Labute approximate surface area is 126 Å². The Balaban J connectivity index is 2.02. The molecule has 112 valence electrons. The minimum absolute atomic E-state index is 0.161. The van der Waals surface area contributed by atoms with Gasteiger partial charge in [0.15, 0.2) is 5.75 Å². The van der Waals surface area contributed by atoms with Crippen LogP contribution in [-0.4, -0.2) is 4.98 Å². The van der Waals surface area contributed by atoms with E-state index < -0.39 is 0 Å². The maximum absolute atomic E-state index is 12.1. The van der Waals surface area contributed by atoms with E-state index in [0.717, 1.165) is 29.8 Å². The van der Waals surface area contributed by atoms with Gasteiger partial charge in [-0.25, -0.2) is 0 Å². The van der Waals surface area contributed by atoms with Gasteiger partial charge in [0.05, 0.1) is 0 Å². The largest absolute Gasteiger partial charge is 0.451 e. The summed E-state index contributed by atoms with van der Waals surface area (Å²) in [5, 5.41) is 0. The number of pyridine rings is 1. The van der Waals surface area contributed by atoms with Gasteiger partial charge in [-0.2, -0.15) is 0 Å². The first-order valence-corrected chi connectivity index (χ1v) is 7.66. The lowest BCUT2D eigenvalue weighted by molar-refractivity contribution is 0.470. The van der Waals surface area contributed by atoms with Crippen molar-refractivity contribution in [3.8, 4) is 11.5 Å². The molecule has 0 bridgehead atoms. The molecule has 21 heavy (non-hydrogen) atoms. The maximum atomic E-state index is 12.1. The molecule has 1 N–H and O–H groups in total. The monoisotopic (exact) mass is 285 g/mol. The average molecular weight is 285 g/mol. The first-order valence-electron chi connectivity index (χ1n) is 7.66. The fourth-order valence-corrected chi connectivity index (χ4v) is 2.26. The third kappa shape index (κ3) is 4.48. The number of nitrogens with one attached hydrogen (secondary N) is 1. The summed E-state index contributed by atoms with van der Waals surface area (Å²) in [4.78, 5) is 15.0. The van der Waals surface area contributed by atoms with Crippen molar-refractivity contribution in [3.63, 3.8) is 0 Å². The molecule has 0 radical (unpaired) electrons. The minimum atomic E-state index is -0.161. The van der Waals surface area contributed by atoms with Gasteiger partial charge in [0, 0.05) is 5.69 Å². The van der Waals surface area contributed by atoms with Crippen LogP contribution >= 0.6 is 0 Å². The number of H-pyrrole nitrogens is 1. The normalized spacial score (nSPS) is 10.6. The van der Waals surface area contributed by atoms with E-state index in [9.17, 15) is 4.79 Å². The molecule has 0 aliphatic heterocycles. The van der Waals surface area contributed by atoms with Crippen molar-refractivity contribution in [1.82, 2.24) is 4.98 Å². The van der Waals surface area contributed by atoms with Crippen LogP contribution in [0.15, 0.2) is 41.2 Å². The summed E-state index contributed by atoms with van der Waals surface area (Å²) in [5.74, 6) is 1.07. The van der Waals surface area contributed by atoms with Gasteiger partial charge in [0.2, 0.25) is 0 Å². The molecule has 0 spiro atoms. The number of hydrogen-bond acceptors (Lipinski definition) is 2. The number of aromatic nitrogens is 1. The van der Waals surface area contributed by atoms with Crippen LogP contribution in [0, 0.1) is 6.92 Å². The average Bonchev–Trinajstić information content (AvgIpc) is 2.48. The number of unbranched alkanes of at least 4 members (excludes halogenated alkanes) is 3. The molecule has 0 unspecified atom stereocenters. The third-order valence-corrected chi connectivity index (χ3v) is 3.55. The van der Waals surface area contributed by atoms with Gasteiger partial charge in [-0.1, -0.05) is 44.4 Å². The fraction of sp³-hybridized carbons (Fsp3) is 0.389. The summed E-state index contributed by atoms with van der Waals surface area (Å²) >= 11 is 0. The van der Waals surface area contributed by atoms with Gasteiger partial charge in [-0.3, -0.25) is 4.79 Å². The summed E-state index contributed by atoms with van der Waals surface area (Å²) < 4.78 is 5.69. The predicted molar refractivity (Wildman–Crippen MR) is 86.2 cm³/mol. The van der Waals surface area contributed by atoms with Gasteiger partial charge < -0.3 is 9.72 Å². The van der Waals surface area contributed by atoms with E-state index >= 15 is 0 Å². The van der Waals surface area contributed by atoms with Gasteiger partial charge in [0.25, 0.3) is 5.56 Å². The number of para-hydroxylation sites is 1. The van der Waals surface area contributed by atoms with Crippen LogP contribution < -0.4 is 10.3 Å². The minimum Gasteiger partial charge on any atom is -0.451 e. The predicted octanol–water partition coefficient (Wildman–Crippen LogP) is 4.60. The molecule has 0 aliphatic carbocycles. The topological polar surface area (TPSA) is 42.1 Å². The molecule has 2 rings (SSSR count). The molecule has 0 fully saturated rings. The SMILES string of the molecule is CCCCCCc1ccc(Oc2ccccc2C)c(=O)[nH]1. The lowest BCUT2D eigenvalue weighted by Crippen LogP contribution is -2.11. The first-order chi connectivity index (χ1) is 10.2. The van der Waals surface area contributed by atoms with Gasteiger partial charge in [0.1, 0.15) is 5.75 Å². The van der Waals surface area contributed by atoms with Crippen molar-refractivity contribution in [3.05, 3.63) is 58.0 Å². The van der Waals surface area contributed by atoms with E-state index in [1.165, 1.54) is 19.3 Å². The highest BCUT2D eigenvalue weighted by Crippen LogP contribution is 2.22. The van der Waals surface area contributed by atoms with E-state index in [0.29, 0.717) is 5.75 Å². The molecular formula is C18H23NO2. The van der Waals surface area contributed by atoms with Crippen molar-refractivity contribution in [1.29, 1.82) is 0 Å². The fourth-order valence-electron chi connectivity index (χ4n) is 2.26. The second-order valence-electron chi connectivity index (χ2n) is 5.36. The van der Waals surface area contributed by atoms with E-state index in [1.54, 1.807) is 6.07 Å². The number of aromatic amines is 1. The van der Waals surface area contributed by atoms with Crippen LogP contribution in [-0.2, 0) is 6.42 Å². The molecule has 3 heteroatoms. The Bertz CT molecular complexity index is 631. The third-order valence-electron chi connectivity index (χ3n) is 3.55. The lowest BCUT2D eigenvalue weighted by Gasteiger charge is -2.08. The molecule has 0 aliphatic rings. The summed E-state index contributed by atoms with van der Waals surface area (Å²) in [6.45, 7) is 4.16. The Morgan fingerprint density at radius 2 is 1.81 bits per heavy atom. The highest BCUT2D eigenvalue weighted by molar-refractivity contribution is 5.36. The van der Waals surface area contributed by atoms with Crippen molar-refractivity contribution in [2.24, 2.45) is 0 Å².